The number of aryl methyl sites for hydroxylation is 2. The van der Waals surface area contributed by atoms with Crippen LogP contribution in [0.4, 0.5) is 0 Å². The first kappa shape index (κ1) is 23.1. The van der Waals surface area contributed by atoms with Gasteiger partial charge < -0.3 is 14.3 Å². The van der Waals surface area contributed by atoms with Crippen molar-refractivity contribution in [2.45, 2.75) is 37.8 Å². The average molecular weight is 488 g/mol. The van der Waals surface area contributed by atoms with Gasteiger partial charge in [-0.1, -0.05) is 6.07 Å². The number of nitrogens with zero attached hydrogens (tertiary/aromatic N) is 4. The van der Waals surface area contributed by atoms with E-state index in [4.69, 9.17) is 4.42 Å². The van der Waals surface area contributed by atoms with E-state index in [2.05, 4.69) is 15.3 Å². The van der Waals surface area contributed by atoms with Gasteiger partial charge >= 0.3 is 0 Å². The Kier molecular flexibility index (Phi) is 6.63. The van der Waals surface area contributed by atoms with E-state index in [0.29, 0.717) is 30.1 Å². The number of fused-ring (bicyclic) bond motifs is 1. The number of imidazole rings is 1. The second-order valence-corrected chi connectivity index (χ2v) is 10.7. The van der Waals surface area contributed by atoms with Gasteiger partial charge in [0.15, 0.2) is 0 Å². The van der Waals surface area contributed by atoms with Crippen LogP contribution >= 0.6 is 11.3 Å². The molecule has 0 bridgehead atoms. The van der Waals surface area contributed by atoms with Crippen molar-refractivity contribution in [2.75, 3.05) is 14.1 Å². The maximum absolute atomic E-state index is 12.4. The molecule has 3 heterocycles. The van der Waals surface area contributed by atoms with Gasteiger partial charge in [0, 0.05) is 33.5 Å². The van der Waals surface area contributed by atoms with Crippen molar-refractivity contribution >= 4 is 38.3 Å². The molecule has 174 valence electrons. The van der Waals surface area contributed by atoms with Crippen LogP contribution in [0.25, 0.3) is 21.8 Å². The van der Waals surface area contributed by atoms with Crippen molar-refractivity contribution in [3.05, 3.63) is 53.5 Å². The van der Waals surface area contributed by atoms with E-state index in [1.165, 1.54) is 29.7 Å². The summed E-state index contributed by atoms with van der Waals surface area (Å²) in [4.78, 5) is 22.6. The van der Waals surface area contributed by atoms with Crippen molar-refractivity contribution in [2.24, 2.45) is 0 Å². The van der Waals surface area contributed by atoms with Crippen molar-refractivity contribution in [3.8, 4) is 10.8 Å². The van der Waals surface area contributed by atoms with Crippen molar-refractivity contribution < 1.29 is 17.6 Å². The van der Waals surface area contributed by atoms with Crippen LogP contribution in [0.3, 0.4) is 0 Å². The van der Waals surface area contributed by atoms with E-state index in [1.807, 2.05) is 29.0 Å². The van der Waals surface area contributed by atoms with Gasteiger partial charge in [-0.3, -0.25) is 4.79 Å². The SMILES string of the molecule is CCn1c(CCC(=O)NCc2coc(-c3cccs3)n2)nc2cc(S(=O)(=O)N(C)C)ccc21. The third-order valence-electron chi connectivity index (χ3n) is 5.22. The minimum Gasteiger partial charge on any atom is -0.443 e. The molecule has 1 aromatic carbocycles. The first-order valence-corrected chi connectivity index (χ1v) is 12.8. The van der Waals surface area contributed by atoms with Crippen LogP contribution in [0.2, 0.25) is 0 Å². The van der Waals surface area contributed by atoms with Crippen molar-refractivity contribution in [1.82, 2.24) is 24.2 Å². The molecule has 0 atom stereocenters. The molecule has 0 unspecified atom stereocenters. The highest BCUT2D eigenvalue weighted by molar-refractivity contribution is 7.89. The maximum Gasteiger partial charge on any atom is 0.242 e. The van der Waals surface area contributed by atoms with Gasteiger partial charge in [-0.25, -0.2) is 22.7 Å². The Morgan fingerprint density at radius 1 is 1.24 bits per heavy atom. The number of hydrogen-bond donors (Lipinski definition) is 1. The molecule has 4 rings (SSSR count). The average Bonchev–Trinajstić information content (AvgIpc) is 3.54. The van der Waals surface area contributed by atoms with E-state index in [1.54, 1.807) is 24.5 Å². The fraction of sp³-hybridized carbons (Fsp3) is 0.318. The van der Waals surface area contributed by atoms with Gasteiger partial charge in [-0.2, -0.15) is 0 Å². The summed E-state index contributed by atoms with van der Waals surface area (Å²) in [5.41, 5.74) is 2.09. The van der Waals surface area contributed by atoms with Gasteiger partial charge in [-0.15, -0.1) is 11.3 Å². The Bertz CT molecular complexity index is 1370. The van der Waals surface area contributed by atoms with E-state index in [0.717, 1.165) is 16.2 Å². The van der Waals surface area contributed by atoms with Crippen LogP contribution in [0, 0.1) is 0 Å². The second kappa shape index (κ2) is 9.46. The van der Waals surface area contributed by atoms with Gasteiger partial charge in [0.2, 0.25) is 21.8 Å². The predicted molar refractivity (Wildman–Crippen MR) is 126 cm³/mol. The third kappa shape index (κ3) is 4.85. The van der Waals surface area contributed by atoms with Crippen LogP contribution in [0.5, 0.6) is 0 Å². The summed E-state index contributed by atoms with van der Waals surface area (Å²) >= 11 is 1.54. The number of oxazole rings is 1. The summed E-state index contributed by atoms with van der Waals surface area (Å²) < 4.78 is 33.5. The van der Waals surface area contributed by atoms with Gasteiger partial charge in [-0.05, 0) is 36.6 Å². The Labute approximate surface area is 196 Å². The Hall–Kier alpha value is -3.02. The van der Waals surface area contributed by atoms with Gasteiger partial charge in [0.1, 0.15) is 12.1 Å². The molecule has 0 aliphatic carbocycles. The Morgan fingerprint density at radius 2 is 2.06 bits per heavy atom. The summed E-state index contributed by atoms with van der Waals surface area (Å²) in [5, 5.41) is 4.81. The zero-order valence-electron chi connectivity index (χ0n) is 18.6. The number of hydrogen-bond acceptors (Lipinski definition) is 7. The first-order chi connectivity index (χ1) is 15.8. The molecule has 0 saturated heterocycles. The highest BCUT2D eigenvalue weighted by atomic mass is 32.2. The smallest absolute Gasteiger partial charge is 0.242 e. The minimum atomic E-state index is -3.54. The molecule has 11 heteroatoms. The highest BCUT2D eigenvalue weighted by Crippen LogP contribution is 2.24. The number of benzene rings is 1. The lowest BCUT2D eigenvalue weighted by Gasteiger charge is -2.11. The molecule has 0 radical (unpaired) electrons. The zero-order chi connectivity index (χ0) is 23.6. The quantitative estimate of drug-likeness (QED) is 0.388. The Morgan fingerprint density at radius 3 is 2.76 bits per heavy atom. The predicted octanol–water partition coefficient (Wildman–Crippen LogP) is 3.27. The highest BCUT2D eigenvalue weighted by Gasteiger charge is 2.20. The molecule has 4 aromatic rings. The van der Waals surface area contributed by atoms with Crippen molar-refractivity contribution in [3.63, 3.8) is 0 Å². The molecule has 0 saturated carbocycles. The largest absolute Gasteiger partial charge is 0.443 e. The van der Waals surface area contributed by atoms with Crippen LogP contribution in [0.15, 0.2) is 51.3 Å². The number of sulfonamides is 1. The monoisotopic (exact) mass is 487 g/mol. The molecule has 1 amide bonds. The number of rotatable bonds is 9. The lowest BCUT2D eigenvalue weighted by Crippen LogP contribution is -2.23. The fourth-order valence-corrected chi connectivity index (χ4v) is 5.06. The van der Waals surface area contributed by atoms with Crippen molar-refractivity contribution in [1.29, 1.82) is 0 Å². The Balaban J connectivity index is 1.41. The van der Waals surface area contributed by atoms with E-state index < -0.39 is 10.0 Å². The number of aromatic nitrogens is 3. The standard InChI is InChI=1S/C22H25N5O4S2/c1-4-27-18-8-7-16(33(29,30)26(2)3)12-17(18)25-20(27)9-10-21(28)23-13-15-14-31-22(24-15)19-6-5-11-32-19/h5-8,11-12,14H,4,9-10,13H2,1-3H3,(H,23,28). The molecular weight excluding hydrogens is 462 g/mol. The third-order valence-corrected chi connectivity index (χ3v) is 7.89. The number of amides is 1. The molecule has 3 aromatic heterocycles. The lowest BCUT2D eigenvalue weighted by molar-refractivity contribution is -0.121. The first-order valence-electron chi connectivity index (χ1n) is 10.5. The molecule has 0 spiro atoms. The number of thiophene rings is 1. The van der Waals surface area contributed by atoms with Crippen LogP contribution in [0.1, 0.15) is 24.9 Å². The molecule has 0 aliphatic rings. The molecular formula is C22H25N5O4S2. The van der Waals surface area contributed by atoms with Crippen LogP contribution in [-0.4, -0.2) is 47.3 Å². The number of nitrogens with one attached hydrogen (secondary N) is 1. The molecule has 33 heavy (non-hydrogen) atoms. The number of carbonyl (C=O) groups is 1. The van der Waals surface area contributed by atoms with E-state index in [9.17, 15) is 13.2 Å². The summed E-state index contributed by atoms with van der Waals surface area (Å²) in [6.07, 6.45) is 2.23. The molecule has 0 fully saturated rings. The topological polar surface area (TPSA) is 110 Å². The second-order valence-electron chi connectivity index (χ2n) is 7.61. The zero-order valence-corrected chi connectivity index (χ0v) is 20.2. The normalized spacial score (nSPS) is 12.0. The van der Waals surface area contributed by atoms with Crippen LogP contribution in [-0.2, 0) is 34.3 Å². The van der Waals surface area contributed by atoms with E-state index in [-0.39, 0.29) is 23.8 Å². The minimum absolute atomic E-state index is 0.124. The molecule has 1 N–H and O–H groups in total. The molecule has 0 aliphatic heterocycles. The fourth-order valence-electron chi connectivity index (χ4n) is 3.48. The summed E-state index contributed by atoms with van der Waals surface area (Å²) in [5.74, 6) is 1.16. The van der Waals surface area contributed by atoms with Gasteiger partial charge in [0.25, 0.3) is 0 Å². The lowest BCUT2D eigenvalue weighted by atomic mass is 10.2. The maximum atomic E-state index is 12.4. The van der Waals surface area contributed by atoms with Crippen LogP contribution < -0.4 is 5.32 Å². The van der Waals surface area contributed by atoms with E-state index >= 15 is 0 Å². The summed E-state index contributed by atoms with van der Waals surface area (Å²) in [7, 11) is -0.551. The molecule has 9 nitrogen and oxygen atoms in total. The summed E-state index contributed by atoms with van der Waals surface area (Å²) in [6, 6.07) is 8.79. The summed E-state index contributed by atoms with van der Waals surface area (Å²) in [6.45, 7) is 2.94. The van der Waals surface area contributed by atoms with Gasteiger partial charge in [0.05, 0.1) is 33.0 Å². The number of carbonyl (C=O) groups excluding carboxylic acids is 1.